The molecular formula is C13H12F3N7. The molecule has 0 unspecified atom stereocenters. The summed E-state index contributed by atoms with van der Waals surface area (Å²) in [6.07, 6.45) is 0.855. The normalized spacial score (nSPS) is 15.7. The van der Waals surface area contributed by atoms with E-state index in [2.05, 4.69) is 20.4 Å². The quantitative estimate of drug-likeness (QED) is 0.683. The number of anilines is 1. The Morgan fingerprint density at radius 1 is 1.17 bits per heavy atom. The Morgan fingerprint density at radius 2 is 2.04 bits per heavy atom. The van der Waals surface area contributed by atoms with Gasteiger partial charge in [-0.25, -0.2) is 14.2 Å². The van der Waals surface area contributed by atoms with Crippen LogP contribution in [0.15, 0.2) is 24.7 Å². The van der Waals surface area contributed by atoms with Crippen molar-refractivity contribution in [2.45, 2.75) is 25.7 Å². The Morgan fingerprint density at radius 3 is 2.87 bits per heavy atom. The zero-order valence-corrected chi connectivity index (χ0v) is 11.9. The molecule has 4 rings (SSSR count). The number of aromatic nitrogens is 6. The second-order valence-corrected chi connectivity index (χ2v) is 5.33. The smallest absolute Gasteiger partial charge is 0.349 e. The third-order valence-electron chi connectivity index (χ3n) is 3.81. The maximum Gasteiger partial charge on any atom is 0.435 e. The zero-order chi connectivity index (χ0) is 16.0. The van der Waals surface area contributed by atoms with Crippen LogP contribution in [-0.4, -0.2) is 36.1 Å². The first kappa shape index (κ1) is 14.0. The summed E-state index contributed by atoms with van der Waals surface area (Å²) >= 11 is 0. The van der Waals surface area contributed by atoms with Crippen molar-refractivity contribution in [1.29, 1.82) is 0 Å². The van der Waals surface area contributed by atoms with Gasteiger partial charge in [0.25, 0.3) is 0 Å². The molecule has 0 aliphatic carbocycles. The molecule has 0 bridgehead atoms. The van der Waals surface area contributed by atoms with E-state index in [-0.39, 0.29) is 0 Å². The number of nitrogens with zero attached hydrogens (tertiary/aromatic N) is 7. The summed E-state index contributed by atoms with van der Waals surface area (Å²) in [5.41, 5.74) is 0.316. The summed E-state index contributed by atoms with van der Waals surface area (Å²) in [6.45, 7) is 1.89. The van der Waals surface area contributed by atoms with Crippen molar-refractivity contribution >= 4 is 11.3 Å². The van der Waals surface area contributed by atoms with Gasteiger partial charge in [-0.15, -0.1) is 5.10 Å². The lowest BCUT2D eigenvalue weighted by Crippen LogP contribution is -2.24. The summed E-state index contributed by atoms with van der Waals surface area (Å²) in [5.74, 6) is 0.477. The van der Waals surface area contributed by atoms with E-state index < -0.39 is 11.9 Å². The maximum atomic E-state index is 12.9. The summed E-state index contributed by atoms with van der Waals surface area (Å²) in [4.78, 5) is 6.20. The van der Waals surface area contributed by atoms with Crippen LogP contribution < -0.4 is 4.90 Å². The molecule has 7 nitrogen and oxygen atoms in total. The minimum absolute atomic E-state index is 0.334. The van der Waals surface area contributed by atoms with Crippen molar-refractivity contribution in [3.05, 3.63) is 36.0 Å². The maximum absolute atomic E-state index is 12.9. The van der Waals surface area contributed by atoms with Crippen LogP contribution in [-0.2, 0) is 19.3 Å². The number of halogens is 3. The van der Waals surface area contributed by atoms with Crippen molar-refractivity contribution in [2.75, 3.05) is 11.4 Å². The molecule has 0 N–H and O–H groups in total. The molecule has 0 fully saturated rings. The van der Waals surface area contributed by atoms with Gasteiger partial charge in [0.2, 0.25) is 0 Å². The fraction of sp³-hybridized carbons (Fsp3) is 0.385. The van der Waals surface area contributed by atoms with Crippen LogP contribution in [0.1, 0.15) is 17.8 Å². The number of hydrogen-bond donors (Lipinski definition) is 0. The zero-order valence-electron chi connectivity index (χ0n) is 11.9. The van der Waals surface area contributed by atoms with Crippen LogP contribution in [0.3, 0.4) is 0 Å². The van der Waals surface area contributed by atoms with Gasteiger partial charge in [0, 0.05) is 31.5 Å². The number of fused-ring (bicyclic) bond motifs is 2. The van der Waals surface area contributed by atoms with Gasteiger partial charge >= 0.3 is 6.18 Å². The van der Waals surface area contributed by atoms with Crippen molar-refractivity contribution in [1.82, 2.24) is 29.6 Å². The first-order chi connectivity index (χ1) is 11.0. The lowest BCUT2D eigenvalue weighted by molar-refractivity contribution is -0.141. The van der Waals surface area contributed by atoms with Gasteiger partial charge in [0.1, 0.15) is 5.52 Å². The van der Waals surface area contributed by atoms with E-state index in [4.69, 9.17) is 0 Å². The van der Waals surface area contributed by atoms with Crippen LogP contribution >= 0.6 is 0 Å². The van der Waals surface area contributed by atoms with E-state index >= 15 is 0 Å². The second-order valence-electron chi connectivity index (χ2n) is 5.33. The van der Waals surface area contributed by atoms with Crippen molar-refractivity contribution in [3.8, 4) is 0 Å². The topological polar surface area (TPSA) is 64.1 Å². The molecule has 23 heavy (non-hydrogen) atoms. The number of aryl methyl sites for hydroxylation is 1. The average molecular weight is 323 g/mol. The SMILES string of the molecule is FC(F)(F)c1cc2c(N3CCCn4nncc4C3)nccn2n1. The Hall–Kier alpha value is -2.65. The molecule has 10 heteroatoms. The molecule has 0 spiro atoms. The highest BCUT2D eigenvalue weighted by atomic mass is 19.4. The lowest BCUT2D eigenvalue weighted by atomic mass is 10.3. The molecule has 0 aromatic carbocycles. The first-order valence-corrected chi connectivity index (χ1v) is 7.06. The summed E-state index contributed by atoms with van der Waals surface area (Å²) in [6, 6.07) is 1.03. The molecule has 1 aliphatic heterocycles. The molecule has 4 heterocycles. The molecule has 0 saturated heterocycles. The second kappa shape index (κ2) is 4.93. The molecule has 0 radical (unpaired) electrons. The fourth-order valence-electron chi connectivity index (χ4n) is 2.75. The van der Waals surface area contributed by atoms with Crippen LogP contribution in [0.5, 0.6) is 0 Å². The van der Waals surface area contributed by atoms with Gasteiger partial charge in [-0.3, -0.25) is 0 Å². The van der Waals surface area contributed by atoms with Gasteiger partial charge in [-0.2, -0.15) is 18.3 Å². The van der Waals surface area contributed by atoms with Crippen molar-refractivity contribution < 1.29 is 13.2 Å². The highest BCUT2D eigenvalue weighted by molar-refractivity contribution is 5.69. The molecule has 120 valence electrons. The predicted molar refractivity (Wildman–Crippen MR) is 73.7 cm³/mol. The minimum Gasteiger partial charge on any atom is -0.349 e. The van der Waals surface area contributed by atoms with Crippen LogP contribution in [0.2, 0.25) is 0 Å². The molecule has 0 saturated carbocycles. The van der Waals surface area contributed by atoms with Crippen LogP contribution in [0.25, 0.3) is 5.52 Å². The Bertz CT molecular complexity index is 851. The van der Waals surface area contributed by atoms with Crippen LogP contribution in [0, 0.1) is 0 Å². The highest BCUT2D eigenvalue weighted by Crippen LogP contribution is 2.31. The monoisotopic (exact) mass is 323 g/mol. The first-order valence-electron chi connectivity index (χ1n) is 7.06. The Kier molecular flexibility index (Phi) is 3.00. The third-order valence-corrected chi connectivity index (χ3v) is 3.81. The lowest BCUT2D eigenvalue weighted by Gasteiger charge is -2.21. The highest BCUT2D eigenvalue weighted by Gasteiger charge is 2.34. The Labute approximate surface area is 128 Å². The predicted octanol–water partition coefficient (Wildman–Crippen LogP) is 1.75. The van der Waals surface area contributed by atoms with E-state index in [1.165, 1.54) is 16.9 Å². The van der Waals surface area contributed by atoms with E-state index in [0.717, 1.165) is 24.7 Å². The largest absolute Gasteiger partial charge is 0.435 e. The summed E-state index contributed by atoms with van der Waals surface area (Å²) in [7, 11) is 0. The van der Waals surface area contributed by atoms with Gasteiger partial charge in [-0.05, 0) is 6.42 Å². The van der Waals surface area contributed by atoms with E-state index in [1.54, 1.807) is 10.9 Å². The van der Waals surface area contributed by atoms with Crippen molar-refractivity contribution in [2.24, 2.45) is 0 Å². The number of hydrogen-bond acceptors (Lipinski definition) is 5. The number of alkyl halides is 3. The van der Waals surface area contributed by atoms with Gasteiger partial charge in [-0.1, -0.05) is 5.21 Å². The van der Waals surface area contributed by atoms with E-state index in [1.807, 2.05) is 4.90 Å². The molecule has 0 atom stereocenters. The summed E-state index contributed by atoms with van der Waals surface area (Å²) in [5, 5.41) is 11.5. The van der Waals surface area contributed by atoms with Gasteiger partial charge in [0.15, 0.2) is 11.5 Å². The Balaban J connectivity index is 1.78. The number of rotatable bonds is 1. The van der Waals surface area contributed by atoms with Gasteiger partial charge < -0.3 is 4.90 Å². The molecule has 0 amide bonds. The molecule has 3 aromatic heterocycles. The van der Waals surface area contributed by atoms with Crippen molar-refractivity contribution in [3.63, 3.8) is 0 Å². The standard InChI is InChI=1S/C13H12F3N7/c14-13(15,16)11-6-10-12(17-2-5-23(10)19-11)21-3-1-4-22-9(8-21)7-18-20-22/h2,5-7H,1,3-4,8H2. The van der Waals surface area contributed by atoms with E-state index in [9.17, 15) is 13.2 Å². The summed E-state index contributed by atoms with van der Waals surface area (Å²) < 4.78 is 41.7. The fourth-order valence-corrected chi connectivity index (χ4v) is 2.75. The van der Waals surface area contributed by atoms with Crippen LogP contribution in [0.4, 0.5) is 19.0 Å². The van der Waals surface area contributed by atoms with E-state index in [0.29, 0.717) is 24.4 Å². The molecular weight excluding hydrogens is 311 g/mol. The molecule has 1 aliphatic rings. The average Bonchev–Trinajstić information content (AvgIpc) is 3.08. The minimum atomic E-state index is -4.48. The molecule has 3 aromatic rings. The third kappa shape index (κ3) is 2.39. The van der Waals surface area contributed by atoms with Gasteiger partial charge in [0.05, 0.1) is 18.4 Å².